The van der Waals surface area contributed by atoms with E-state index >= 15 is 0 Å². The van der Waals surface area contributed by atoms with Crippen molar-refractivity contribution in [2.75, 3.05) is 0 Å². The molecule has 1 saturated carbocycles. The average molecular weight is 708 g/mol. The molecule has 0 aromatic heterocycles. The molecule has 0 aliphatic heterocycles. The van der Waals surface area contributed by atoms with E-state index < -0.39 is 79.9 Å². The Hall–Kier alpha value is -2.18. The number of hydrogen-bond donors (Lipinski definition) is 8. The van der Waals surface area contributed by atoms with Crippen LogP contribution in [0.1, 0.15) is 20.7 Å². The zero-order valence-corrected chi connectivity index (χ0v) is 25.1. The summed E-state index contributed by atoms with van der Waals surface area (Å²) in [6, 6.07) is 13.0. The molecule has 44 heavy (non-hydrogen) atoms. The van der Waals surface area contributed by atoms with Crippen LogP contribution < -0.4 is 0 Å². The van der Waals surface area contributed by atoms with E-state index in [1.54, 1.807) is 0 Å². The largest absolute Gasteiger partial charge is 0.470 e. The molecular weight excluding hydrogens is 684 g/mol. The summed E-state index contributed by atoms with van der Waals surface area (Å²) < 4.78 is 76.3. The van der Waals surface area contributed by atoms with Crippen LogP contribution in [0.25, 0.3) is 0 Å². The molecule has 2 aromatic rings. The van der Waals surface area contributed by atoms with Crippen molar-refractivity contribution in [2.24, 2.45) is 0 Å². The fraction of sp³-hybridized carbons (Fsp3) is 0.300. The molecule has 0 bridgehead atoms. The van der Waals surface area contributed by atoms with Crippen LogP contribution in [0.2, 0.25) is 0 Å². The van der Waals surface area contributed by atoms with Crippen LogP contribution in [0.4, 0.5) is 0 Å². The van der Waals surface area contributed by atoms with Gasteiger partial charge in [0, 0.05) is 0 Å². The highest BCUT2D eigenvalue weighted by molar-refractivity contribution is 7.47. The second kappa shape index (κ2) is 14.1. The van der Waals surface area contributed by atoms with Gasteiger partial charge in [-0.2, -0.15) is 0 Å². The van der Waals surface area contributed by atoms with E-state index in [4.69, 9.17) is 9.47 Å². The molecule has 3 rings (SSSR count). The van der Waals surface area contributed by atoms with Crippen LogP contribution in [0.5, 0.6) is 0 Å². The lowest BCUT2D eigenvalue weighted by atomic mass is 9.84. The van der Waals surface area contributed by atoms with Crippen molar-refractivity contribution < 1.29 is 94.6 Å². The fourth-order valence-electron chi connectivity index (χ4n) is 4.04. The first-order valence-electron chi connectivity index (χ1n) is 11.6. The van der Waals surface area contributed by atoms with Crippen LogP contribution in [0, 0.1) is 0 Å². The Kier molecular flexibility index (Phi) is 11.6. The molecular formula is C20H24O20P4. The smallest absolute Gasteiger partial charge is 0.452 e. The second-order valence-corrected chi connectivity index (χ2v) is 13.5. The quantitative estimate of drug-likeness (QED) is 0.109. The molecule has 1 fully saturated rings. The number of hydrogen-bond acceptors (Lipinski definition) is 12. The molecule has 0 heterocycles. The third-order valence-corrected chi connectivity index (χ3v) is 7.56. The van der Waals surface area contributed by atoms with Gasteiger partial charge >= 0.3 is 43.2 Å². The number of ether oxygens (including phenoxy) is 2. The maximum absolute atomic E-state index is 13.1. The second-order valence-electron chi connectivity index (χ2n) is 8.71. The third-order valence-electron chi connectivity index (χ3n) is 5.48. The Morgan fingerprint density at radius 1 is 0.432 bits per heavy atom. The molecule has 1 aliphatic carbocycles. The van der Waals surface area contributed by atoms with Gasteiger partial charge in [-0.3, -0.25) is 18.1 Å². The minimum absolute atomic E-state index is 0.274. The maximum atomic E-state index is 13.1. The van der Waals surface area contributed by atoms with Crippen molar-refractivity contribution in [3.63, 3.8) is 0 Å². The number of phosphoric acid groups is 4. The number of phosphoric ester groups is 4. The Bertz CT molecular complexity index is 1380. The summed E-state index contributed by atoms with van der Waals surface area (Å²) in [6.45, 7) is 0. The van der Waals surface area contributed by atoms with Gasteiger partial charge in [0.15, 0.2) is 12.2 Å². The van der Waals surface area contributed by atoms with Gasteiger partial charge < -0.3 is 48.6 Å². The first-order chi connectivity index (χ1) is 20.1. The summed E-state index contributed by atoms with van der Waals surface area (Å²) >= 11 is 0. The Balaban J connectivity index is 2.30. The highest BCUT2D eigenvalue weighted by Gasteiger charge is 2.62. The van der Waals surface area contributed by atoms with E-state index in [2.05, 4.69) is 18.1 Å². The van der Waals surface area contributed by atoms with Crippen LogP contribution in [-0.4, -0.2) is 87.7 Å². The molecule has 0 saturated heterocycles. The lowest BCUT2D eigenvalue weighted by molar-refractivity contribution is -0.209. The average Bonchev–Trinajstić information content (AvgIpc) is 2.88. The summed E-state index contributed by atoms with van der Waals surface area (Å²) in [7, 11) is -23.5. The van der Waals surface area contributed by atoms with E-state index in [0.717, 1.165) is 0 Å². The van der Waals surface area contributed by atoms with Crippen molar-refractivity contribution in [2.45, 2.75) is 36.6 Å². The van der Waals surface area contributed by atoms with Gasteiger partial charge in [0.2, 0.25) is 0 Å². The highest BCUT2D eigenvalue weighted by Crippen LogP contribution is 2.53. The first-order valence-corrected chi connectivity index (χ1v) is 17.7. The first kappa shape index (κ1) is 36.3. The third kappa shape index (κ3) is 11.0. The number of carbonyl (C=O) groups excluding carboxylic acids is 2. The zero-order chi connectivity index (χ0) is 33.1. The van der Waals surface area contributed by atoms with E-state index in [9.17, 15) is 67.0 Å². The molecule has 6 atom stereocenters. The van der Waals surface area contributed by atoms with Gasteiger partial charge in [-0.15, -0.1) is 0 Å². The van der Waals surface area contributed by atoms with Gasteiger partial charge in [-0.1, -0.05) is 36.4 Å². The van der Waals surface area contributed by atoms with Crippen molar-refractivity contribution in [3.05, 3.63) is 71.8 Å². The molecule has 244 valence electrons. The molecule has 0 unspecified atom stereocenters. The zero-order valence-electron chi connectivity index (χ0n) is 21.5. The highest BCUT2D eigenvalue weighted by atomic mass is 31.2. The van der Waals surface area contributed by atoms with Crippen molar-refractivity contribution in [1.82, 2.24) is 0 Å². The number of esters is 2. The maximum Gasteiger partial charge on any atom is 0.470 e. The van der Waals surface area contributed by atoms with Crippen LogP contribution in [0.15, 0.2) is 60.7 Å². The summed E-state index contributed by atoms with van der Waals surface area (Å²) in [6.07, 6.45) is -16.3. The number of rotatable bonds is 12. The van der Waals surface area contributed by atoms with Crippen LogP contribution in [-0.2, 0) is 45.8 Å². The van der Waals surface area contributed by atoms with Gasteiger partial charge in [-0.05, 0) is 24.3 Å². The van der Waals surface area contributed by atoms with Crippen molar-refractivity contribution in [3.8, 4) is 0 Å². The SMILES string of the molecule is O=C(O[C@H]1[C@H](OC(=O)c2ccccc2)[C@H](OP(=O)(O)O)[C@H](OP(=O)(O)O)[C@@H](OP(=O)(O)O)[C@@H]1OP(=O)(O)O)c1ccccc1. The van der Waals surface area contributed by atoms with Gasteiger partial charge in [-0.25, -0.2) is 27.8 Å². The lowest BCUT2D eigenvalue weighted by Crippen LogP contribution is -2.67. The van der Waals surface area contributed by atoms with Crippen molar-refractivity contribution >= 4 is 43.2 Å². The summed E-state index contributed by atoms with van der Waals surface area (Å²) in [5.41, 5.74) is -0.548. The summed E-state index contributed by atoms with van der Waals surface area (Å²) in [5.74, 6) is -2.76. The fourth-order valence-corrected chi connectivity index (χ4v) is 6.26. The van der Waals surface area contributed by atoms with Crippen LogP contribution in [0.3, 0.4) is 0 Å². The van der Waals surface area contributed by atoms with E-state index in [1.807, 2.05) is 0 Å². The van der Waals surface area contributed by atoms with E-state index in [1.165, 1.54) is 60.7 Å². The van der Waals surface area contributed by atoms with Gasteiger partial charge in [0.05, 0.1) is 11.1 Å². The predicted molar refractivity (Wildman–Crippen MR) is 139 cm³/mol. The standard InChI is InChI=1S/C20H24O20P4/c21-19(11-7-3-1-4-8-11)35-13-14(36-20(22)12-9-5-2-6-10-12)16(38-42(26,27)28)18(40-44(32,33)34)17(39-43(29,30)31)15(13)37-41(23,24)25/h1-10,13-18H,(H2,23,24,25)(H2,26,27,28)(H2,29,30,31)(H2,32,33,34)/t13-,14-,15-,16+,17-,18-/m0/s1. The van der Waals surface area contributed by atoms with E-state index in [0.29, 0.717) is 0 Å². The lowest BCUT2D eigenvalue weighted by Gasteiger charge is -2.47. The van der Waals surface area contributed by atoms with Gasteiger partial charge in [0.25, 0.3) is 0 Å². The minimum atomic E-state index is -5.90. The van der Waals surface area contributed by atoms with E-state index in [-0.39, 0.29) is 11.1 Å². The molecule has 20 nitrogen and oxygen atoms in total. The Morgan fingerprint density at radius 3 is 0.886 bits per heavy atom. The minimum Gasteiger partial charge on any atom is -0.452 e. The normalized spacial score (nSPS) is 24.8. The van der Waals surface area contributed by atoms with Gasteiger partial charge in [0.1, 0.15) is 24.4 Å². The Morgan fingerprint density at radius 2 is 0.659 bits per heavy atom. The summed E-state index contributed by atoms with van der Waals surface area (Å²) in [4.78, 5) is 103. The molecule has 0 amide bonds. The predicted octanol–water partition coefficient (Wildman–Crippen LogP) is 0.363. The molecule has 24 heteroatoms. The number of carbonyl (C=O) groups is 2. The molecule has 2 aromatic carbocycles. The number of benzene rings is 2. The Labute approximate surface area is 246 Å². The molecule has 8 N–H and O–H groups in total. The molecule has 0 spiro atoms. The topological polar surface area (TPSA) is 320 Å². The van der Waals surface area contributed by atoms with Crippen molar-refractivity contribution in [1.29, 1.82) is 0 Å². The van der Waals surface area contributed by atoms with Crippen LogP contribution >= 0.6 is 31.3 Å². The monoisotopic (exact) mass is 708 g/mol. The molecule has 1 aliphatic rings. The molecule has 0 radical (unpaired) electrons. The summed E-state index contributed by atoms with van der Waals surface area (Å²) in [5, 5.41) is 0.